The predicted octanol–water partition coefficient (Wildman–Crippen LogP) is 0.974. The van der Waals surface area contributed by atoms with Crippen molar-refractivity contribution in [1.29, 1.82) is 0 Å². The molecule has 0 saturated carbocycles. The molecule has 1 fully saturated rings. The van der Waals surface area contributed by atoms with E-state index in [0.29, 0.717) is 26.1 Å². The highest BCUT2D eigenvalue weighted by Gasteiger charge is 2.33. The van der Waals surface area contributed by atoms with Crippen LogP contribution in [0.3, 0.4) is 0 Å². The van der Waals surface area contributed by atoms with Gasteiger partial charge in [-0.25, -0.2) is 0 Å². The van der Waals surface area contributed by atoms with Crippen LogP contribution in [0.25, 0.3) is 0 Å². The van der Waals surface area contributed by atoms with Gasteiger partial charge in [0.1, 0.15) is 5.75 Å². The maximum absolute atomic E-state index is 11.2. The number of hydrogen-bond donors (Lipinski definition) is 2. The van der Waals surface area contributed by atoms with Crippen LogP contribution >= 0.6 is 0 Å². The molecule has 1 saturated heterocycles. The van der Waals surface area contributed by atoms with E-state index in [9.17, 15) is 9.90 Å². The van der Waals surface area contributed by atoms with E-state index in [1.54, 1.807) is 13.3 Å². The van der Waals surface area contributed by atoms with Crippen LogP contribution in [0.2, 0.25) is 0 Å². The van der Waals surface area contributed by atoms with Crippen molar-refractivity contribution in [2.75, 3.05) is 20.2 Å². The van der Waals surface area contributed by atoms with Crippen molar-refractivity contribution in [3.63, 3.8) is 0 Å². The van der Waals surface area contributed by atoms with Crippen LogP contribution in [-0.2, 0) is 11.3 Å². The first-order chi connectivity index (χ1) is 9.93. The lowest BCUT2D eigenvalue weighted by molar-refractivity contribution is -0.149. The van der Waals surface area contributed by atoms with Gasteiger partial charge in [-0.15, -0.1) is 0 Å². The molecule has 1 aliphatic heterocycles. The first-order valence-electron chi connectivity index (χ1n) is 7.06. The SMILES string of the molecule is COc1c(C)cnc(CN2CC[C@@H](O)[C@H](C(=O)O)C2)c1C. The number of hydrogen-bond acceptors (Lipinski definition) is 5. The molecular weight excluding hydrogens is 272 g/mol. The third-order valence-corrected chi connectivity index (χ3v) is 4.10. The van der Waals surface area contributed by atoms with Gasteiger partial charge < -0.3 is 14.9 Å². The minimum atomic E-state index is -0.946. The fourth-order valence-corrected chi connectivity index (χ4v) is 2.84. The van der Waals surface area contributed by atoms with Gasteiger partial charge >= 0.3 is 5.97 Å². The lowest BCUT2D eigenvalue weighted by Gasteiger charge is -2.34. The number of pyridine rings is 1. The van der Waals surface area contributed by atoms with Crippen LogP contribution in [-0.4, -0.2) is 52.4 Å². The molecule has 0 bridgehead atoms. The van der Waals surface area contributed by atoms with Crippen molar-refractivity contribution in [3.8, 4) is 5.75 Å². The first-order valence-corrected chi connectivity index (χ1v) is 7.06. The van der Waals surface area contributed by atoms with E-state index < -0.39 is 18.0 Å². The number of carbonyl (C=O) groups is 1. The molecule has 6 heteroatoms. The van der Waals surface area contributed by atoms with Gasteiger partial charge in [0.25, 0.3) is 0 Å². The minimum Gasteiger partial charge on any atom is -0.496 e. The number of piperidine rings is 1. The largest absolute Gasteiger partial charge is 0.496 e. The molecule has 0 amide bonds. The number of aryl methyl sites for hydroxylation is 1. The number of ether oxygens (including phenoxy) is 1. The van der Waals surface area contributed by atoms with Crippen molar-refractivity contribution >= 4 is 5.97 Å². The Balaban J connectivity index is 2.14. The standard InChI is InChI=1S/C15H22N2O4/c1-9-6-16-12(10(2)14(9)21-3)8-17-5-4-13(18)11(7-17)15(19)20/h6,11,13,18H,4-5,7-8H2,1-3H3,(H,19,20)/t11-,13-/m1/s1. The zero-order valence-corrected chi connectivity index (χ0v) is 12.7. The average Bonchev–Trinajstić information content (AvgIpc) is 2.44. The molecule has 116 valence electrons. The fourth-order valence-electron chi connectivity index (χ4n) is 2.84. The minimum absolute atomic E-state index is 0.341. The van der Waals surface area contributed by atoms with Crippen LogP contribution in [0.4, 0.5) is 0 Å². The summed E-state index contributed by atoms with van der Waals surface area (Å²) < 4.78 is 5.39. The summed E-state index contributed by atoms with van der Waals surface area (Å²) in [4.78, 5) is 17.6. The van der Waals surface area contributed by atoms with Crippen molar-refractivity contribution in [2.45, 2.75) is 32.9 Å². The second-order valence-corrected chi connectivity index (χ2v) is 5.58. The Morgan fingerprint density at radius 2 is 2.24 bits per heavy atom. The highest BCUT2D eigenvalue weighted by atomic mass is 16.5. The Bertz CT molecular complexity index is 533. The molecule has 6 nitrogen and oxygen atoms in total. The summed E-state index contributed by atoms with van der Waals surface area (Å²) >= 11 is 0. The van der Waals surface area contributed by atoms with Gasteiger partial charge in [-0.3, -0.25) is 14.7 Å². The van der Waals surface area contributed by atoms with E-state index in [1.165, 1.54) is 0 Å². The van der Waals surface area contributed by atoms with E-state index in [-0.39, 0.29) is 0 Å². The van der Waals surface area contributed by atoms with Gasteiger partial charge in [0.05, 0.1) is 24.8 Å². The molecule has 0 unspecified atom stereocenters. The summed E-state index contributed by atoms with van der Waals surface area (Å²) in [6, 6.07) is 0. The molecule has 2 rings (SSSR count). The Kier molecular flexibility index (Phi) is 4.80. The maximum Gasteiger partial charge on any atom is 0.310 e. The molecule has 21 heavy (non-hydrogen) atoms. The Morgan fingerprint density at radius 1 is 1.52 bits per heavy atom. The number of aliphatic carboxylic acids is 1. The van der Waals surface area contributed by atoms with E-state index in [1.807, 2.05) is 18.7 Å². The van der Waals surface area contributed by atoms with Crippen LogP contribution in [0.1, 0.15) is 23.2 Å². The van der Waals surface area contributed by atoms with E-state index in [0.717, 1.165) is 22.6 Å². The van der Waals surface area contributed by atoms with Gasteiger partial charge in [0, 0.05) is 37.0 Å². The number of aromatic nitrogens is 1. The van der Waals surface area contributed by atoms with Crippen LogP contribution in [0.15, 0.2) is 6.20 Å². The molecule has 0 spiro atoms. The van der Waals surface area contributed by atoms with E-state index in [4.69, 9.17) is 9.84 Å². The highest BCUT2D eigenvalue weighted by Crippen LogP contribution is 2.26. The predicted molar refractivity (Wildman–Crippen MR) is 77.3 cm³/mol. The van der Waals surface area contributed by atoms with Crippen molar-refractivity contribution in [3.05, 3.63) is 23.0 Å². The molecule has 0 aliphatic carbocycles. The first kappa shape index (κ1) is 15.7. The third-order valence-electron chi connectivity index (χ3n) is 4.10. The Labute approximate surface area is 124 Å². The molecule has 1 aliphatic rings. The summed E-state index contributed by atoms with van der Waals surface area (Å²) in [5, 5.41) is 18.9. The van der Waals surface area contributed by atoms with Crippen LogP contribution in [0, 0.1) is 19.8 Å². The number of rotatable bonds is 4. The molecule has 2 atom stereocenters. The number of likely N-dealkylation sites (tertiary alicyclic amines) is 1. The van der Waals surface area contributed by atoms with Gasteiger partial charge in [0.15, 0.2) is 0 Å². The maximum atomic E-state index is 11.2. The molecule has 1 aromatic heterocycles. The summed E-state index contributed by atoms with van der Waals surface area (Å²) in [6.07, 6.45) is 1.48. The number of aliphatic hydroxyl groups is 1. The number of carboxylic acid groups (broad SMARTS) is 1. The van der Waals surface area contributed by atoms with Gasteiger partial charge in [-0.05, 0) is 20.3 Å². The summed E-state index contributed by atoms with van der Waals surface area (Å²) in [5.41, 5.74) is 2.85. The lowest BCUT2D eigenvalue weighted by Crippen LogP contribution is -2.46. The van der Waals surface area contributed by atoms with Crippen molar-refractivity contribution in [2.24, 2.45) is 5.92 Å². The summed E-state index contributed by atoms with van der Waals surface area (Å²) in [5.74, 6) is -0.850. The Morgan fingerprint density at radius 3 is 2.86 bits per heavy atom. The summed E-state index contributed by atoms with van der Waals surface area (Å²) in [6.45, 7) is 5.48. The number of aliphatic hydroxyl groups excluding tert-OH is 1. The number of nitrogens with zero attached hydrogens (tertiary/aromatic N) is 2. The van der Waals surface area contributed by atoms with Crippen molar-refractivity contribution in [1.82, 2.24) is 9.88 Å². The normalized spacial score (nSPS) is 23.0. The van der Waals surface area contributed by atoms with E-state index in [2.05, 4.69) is 4.98 Å². The van der Waals surface area contributed by atoms with Crippen LogP contribution in [0.5, 0.6) is 5.75 Å². The second-order valence-electron chi connectivity index (χ2n) is 5.58. The second kappa shape index (κ2) is 6.41. The zero-order valence-electron chi connectivity index (χ0n) is 12.7. The highest BCUT2D eigenvalue weighted by molar-refractivity contribution is 5.71. The molecule has 2 N–H and O–H groups in total. The zero-order chi connectivity index (χ0) is 15.6. The number of methoxy groups -OCH3 is 1. The van der Waals surface area contributed by atoms with Gasteiger partial charge in [0.2, 0.25) is 0 Å². The fraction of sp³-hybridized carbons (Fsp3) is 0.600. The average molecular weight is 294 g/mol. The van der Waals surface area contributed by atoms with Gasteiger partial charge in [-0.1, -0.05) is 0 Å². The quantitative estimate of drug-likeness (QED) is 0.861. The molecule has 2 heterocycles. The van der Waals surface area contributed by atoms with Crippen LogP contribution < -0.4 is 4.74 Å². The van der Waals surface area contributed by atoms with Gasteiger partial charge in [-0.2, -0.15) is 0 Å². The third kappa shape index (κ3) is 3.33. The molecule has 0 radical (unpaired) electrons. The topological polar surface area (TPSA) is 82.9 Å². The molecule has 1 aromatic rings. The smallest absolute Gasteiger partial charge is 0.310 e. The summed E-state index contributed by atoms with van der Waals surface area (Å²) in [7, 11) is 1.64. The van der Waals surface area contributed by atoms with Crippen molar-refractivity contribution < 1.29 is 19.7 Å². The molecular formula is C15H22N2O4. The molecule has 0 aromatic carbocycles. The van der Waals surface area contributed by atoms with E-state index >= 15 is 0 Å². The number of carboxylic acids is 1. The lowest BCUT2D eigenvalue weighted by atomic mass is 9.94. The Hall–Kier alpha value is -1.66. The monoisotopic (exact) mass is 294 g/mol.